The first kappa shape index (κ1) is 33.9. The first-order valence-corrected chi connectivity index (χ1v) is 14.7. The number of aromatic nitrogens is 5. The molecule has 4 heterocycles. The number of amides is 1. The first-order valence-electron chi connectivity index (χ1n) is 14.7. The van der Waals surface area contributed by atoms with Crippen molar-refractivity contribution in [2.75, 3.05) is 5.32 Å². The zero-order valence-corrected chi connectivity index (χ0v) is 27.1. The van der Waals surface area contributed by atoms with Crippen LogP contribution in [-0.2, 0) is 0 Å². The van der Waals surface area contributed by atoms with Gasteiger partial charge in [0.15, 0.2) is 5.75 Å². The standard InChI is InChI=1S/C35H29F3N6O3.ClH/c1-19(2)43-18-28(33(45)31(21(43)4)22-5-7-24(36)8-6-22)34(46)42-25-9-11-26(12-10-25)47-30-13-14-39-29-15-27(20(3)41-32(29)30)23-16-40-44(17-23)35(37)38;/h5-19,35H,1-4H3,(H,42,46);1H. The lowest BCUT2D eigenvalue weighted by Gasteiger charge is -2.20. The molecular weight excluding hydrogens is 645 g/mol. The summed E-state index contributed by atoms with van der Waals surface area (Å²) in [6.07, 6.45) is 5.71. The van der Waals surface area contributed by atoms with Crippen LogP contribution in [0, 0.1) is 19.7 Å². The van der Waals surface area contributed by atoms with Crippen LogP contribution in [0.4, 0.5) is 18.9 Å². The van der Waals surface area contributed by atoms with E-state index in [1.165, 1.54) is 36.7 Å². The lowest BCUT2D eigenvalue weighted by molar-refractivity contribution is 0.0566. The van der Waals surface area contributed by atoms with Gasteiger partial charge in [-0.3, -0.25) is 14.6 Å². The molecule has 1 N–H and O–H groups in total. The maximum absolute atomic E-state index is 13.6. The number of rotatable bonds is 8. The van der Waals surface area contributed by atoms with Crippen LogP contribution in [0.3, 0.4) is 0 Å². The number of carbonyl (C=O) groups is 1. The number of pyridine rings is 3. The van der Waals surface area contributed by atoms with Crippen molar-refractivity contribution in [1.29, 1.82) is 0 Å². The molecule has 0 unspecified atom stereocenters. The Morgan fingerprint density at radius 2 is 1.67 bits per heavy atom. The molecule has 2 aromatic carbocycles. The van der Waals surface area contributed by atoms with Crippen molar-refractivity contribution >= 4 is 35.0 Å². The number of alkyl halides is 2. The van der Waals surface area contributed by atoms with Crippen molar-refractivity contribution in [1.82, 2.24) is 24.3 Å². The van der Waals surface area contributed by atoms with Gasteiger partial charge in [-0.25, -0.2) is 14.1 Å². The van der Waals surface area contributed by atoms with Gasteiger partial charge in [0.05, 0.1) is 11.7 Å². The Hall–Kier alpha value is -5.49. The van der Waals surface area contributed by atoms with E-state index in [4.69, 9.17) is 4.74 Å². The molecule has 0 aliphatic heterocycles. The minimum Gasteiger partial charge on any atom is -0.455 e. The first-order chi connectivity index (χ1) is 22.5. The molecular formula is C35H30ClF3N6O3. The van der Waals surface area contributed by atoms with Crippen molar-refractivity contribution in [2.45, 2.75) is 40.3 Å². The number of ether oxygens (including phenoxy) is 1. The van der Waals surface area contributed by atoms with Crippen molar-refractivity contribution in [2.24, 2.45) is 0 Å². The number of hydrogen-bond acceptors (Lipinski definition) is 6. The molecule has 0 atom stereocenters. The topological polar surface area (TPSA) is 104 Å². The Labute approximate surface area is 279 Å². The molecule has 13 heteroatoms. The van der Waals surface area contributed by atoms with Crippen molar-refractivity contribution in [3.63, 3.8) is 0 Å². The van der Waals surface area contributed by atoms with Gasteiger partial charge in [-0.1, -0.05) is 12.1 Å². The number of anilines is 1. The second-order valence-corrected chi connectivity index (χ2v) is 11.2. The van der Waals surface area contributed by atoms with E-state index in [0.717, 1.165) is 0 Å². The minimum atomic E-state index is -2.75. The van der Waals surface area contributed by atoms with Crippen LogP contribution in [0.15, 0.2) is 90.2 Å². The Bertz CT molecular complexity index is 2180. The van der Waals surface area contributed by atoms with Gasteiger partial charge < -0.3 is 14.6 Å². The Morgan fingerprint density at radius 1 is 0.958 bits per heavy atom. The Balaban J connectivity index is 0.00000451. The fraction of sp³-hybridized carbons (Fsp3) is 0.171. The molecule has 0 spiro atoms. The summed E-state index contributed by atoms with van der Waals surface area (Å²) in [4.78, 5) is 36.0. The van der Waals surface area contributed by atoms with Crippen molar-refractivity contribution in [3.05, 3.63) is 118 Å². The number of benzene rings is 2. The highest BCUT2D eigenvalue weighted by Gasteiger charge is 2.21. The van der Waals surface area contributed by atoms with Gasteiger partial charge in [0.1, 0.15) is 22.6 Å². The van der Waals surface area contributed by atoms with Crippen LogP contribution < -0.4 is 15.5 Å². The lowest BCUT2D eigenvalue weighted by Crippen LogP contribution is -2.26. The van der Waals surface area contributed by atoms with Crippen molar-refractivity contribution < 1.29 is 22.7 Å². The molecule has 6 rings (SSSR count). The summed E-state index contributed by atoms with van der Waals surface area (Å²) in [7, 11) is 0. The number of nitrogens with zero attached hydrogens (tertiary/aromatic N) is 5. The van der Waals surface area contributed by atoms with Gasteiger partial charge in [0.2, 0.25) is 5.43 Å². The zero-order chi connectivity index (χ0) is 33.4. The number of hydrogen-bond donors (Lipinski definition) is 1. The second kappa shape index (κ2) is 13.7. The molecule has 4 aromatic heterocycles. The molecule has 9 nitrogen and oxygen atoms in total. The highest BCUT2D eigenvalue weighted by atomic mass is 35.5. The SMILES string of the molecule is Cc1nc2c(Oc3ccc(NC(=O)c4cn(C(C)C)c(C)c(-c5ccc(F)cc5)c4=O)cc3)ccnc2cc1-c1cnn(C(F)F)c1.Cl. The van der Waals surface area contributed by atoms with E-state index in [1.807, 2.05) is 18.4 Å². The molecule has 0 saturated heterocycles. The summed E-state index contributed by atoms with van der Waals surface area (Å²) < 4.78 is 48.2. The molecule has 48 heavy (non-hydrogen) atoms. The largest absolute Gasteiger partial charge is 0.455 e. The van der Waals surface area contributed by atoms with Crippen LogP contribution in [0.25, 0.3) is 33.3 Å². The Kier molecular flexibility index (Phi) is 9.67. The van der Waals surface area contributed by atoms with Gasteiger partial charge in [0, 0.05) is 64.5 Å². The van der Waals surface area contributed by atoms with Crippen molar-refractivity contribution in [3.8, 4) is 33.8 Å². The fourth-order valence-electron chi connectivity index (χ4n) is 5.41. The van der Waals surface area contributed by atoms with Crippen LogP contribution in [-0.4, -0.2) is 30.2 Å². The van der Waals surface area contributed by atoms with Crippen LogP contribution in [0.5, 0.6) is 11.5 Å². The van der Waals surface area contributed by atoms with Gasteiger partial charge in [-0.05, 0) is 75.7 Å². The molecule has 0 saturated carbocycles. The lowest BCUT2D eigenvalue weighted by atomic mass is 10.00. The third-order valence-electron chi connectivity index (χ3n) is 7.74. The summed E-state index contributed by atoms with van der Waals surface area (Å²) in [5, 5.41) is 6.49. The predicted molar refractivity (Wildman–Crippen MR) is 180 cm³/mol. The highest BCUT2D eigenvalue weighted by Crippen LogP contribution is 2.33. The molecule has 246 valence electrons. The number of carbonyl (C=O) groups excluding carboxylic acids is 1. The molecule has 0 radical (unpaired) electrons. The normalized spacial score (nSPS) is 11.2. The summed E-state index contributed by atoms with van der Waals surface area (Å²) in [6, 6.07) is 15.6. The number of nitrogens with one attached hydrogen (secondary N) is 1. The smallest absolute Gasteiger partial charge is 0.333 e. The van der Waals surface area contributed by atoms with E-state index in [9.17, 15) is 22.8 Å². The maximum atomic E-state index is 13.6. The Morgan fingerprint density at radius 3 is 2.31 bits per heavy atom. The quantitative estimate of drug-likeness (QED) is 0.174. The number of aryl methyl sites for hydroxylation is 1. The highest BCUT2D eigenvalue weighted by molar-refractivity contribution is 6.04. The molecule has 0 aliphatic rings. The second-order valence-electron chi connectivity index (χ2n) is 11.2. The third-order valence-corrected chi connectivity index (χ3v) is 7.74. The van der Waals surface area contributed by atoms with E-state index in [2.05, 4.69) is 20.4 Å². The van der Waals surface area contributed by atoms with Crippen LogP contribution in [0.2, 0.25) is 0 Å². The summed E-state index contributed by atoms with van der Waals surface area (Å²) in [5.74, 6) is -0.135. The van der Waals surface area contributed by atoms with Gasteiger partial charge in [-0.15, -0.1) is 12.4 Å². The minimum absolute atomic E-state index is 0. The molecule has 0 bridgehead atoms. The molecule has 0 fully saturated rings. The van der Waals surface area contributed by atoms with E-state index in [-0.39, 0.29) is 24.0 Å². The fourth-order valence-corrected chi connectivity index (χ4v) is 5.41. The molecule has 1 amide bonds. The molecule has 0 aliphatic carbocycles. The average molecular weight is 675 g/mol. The van der Waals surface area contributed by atoms with E-state index in [0.29, 0.717) is 66.5 Å². The zero-order valence-electron chi connectivity index (χ0n) is 26.2. The van der Waals surface area contributed by atoms with Crippen LogP contribution >= 0.6 is 12.4 Å². The molecule has 6 aromatic rings. The van der Waals surface area contributed by atoms with Crippen LogP contribution in [0.1, 0.15) is 48.2 Å². The summed E-state index contributed by atoms with van der Waals surface area (Å²) in [5.41, 5.74) is 4.12. The van der Waals surface area contributed by atoms with Gasteiger partial charge in [-0.2, -0.15) is 13.9 Å². The van der Waals surface area contributed by atoms with Gasteiger partial charge >= 0.3 is 6.55 Å². The summed E-state index contributed by atoms with van der Waals surface area (Å²) >= 11 is 0. The maximum Gasteiger partial charge on any atom is 0.333 e. The van der Waals surface area contributed by atoms with E-state index < -0.39 is 23.7 Å². The van der Waals surface area contributed by atoms with E-state index in [1.54, 1.807) is 62.6 Å². The number of halogens is 4. The monoisotopic (exact) mass is 674 g/mol. The predicted octanol–water partition coefficient (Wildman–Crippen LogP) is 8.52. The van der Waals surface area contributed by atoms with Gasteiger partial charge in [0.25, 0.3) is 5.91 Å². The van der Waals surface area contributed by atoms with E-state index >= 15 is 0 Å². The average Bonchev–Trinajstić information content (AvgIpc) is 3.53. The number of fused-ring (bicyclic) bond motifs is 1. The summed E-state index contributed by atoms with van der Waals surface area (Å²) in [6.45, 7) is 4.70. The third kappa shape index (κ3) is 6.65.